The van der Waals surface area contributed by atoms with Crippen molar-refractivity contribution < 1.29 is 19.2 Å². The van der Waals surface area contributed by atoms with E-state index in [1.54, 1.807) is 39.0 Å². The van der Waals surface area contributed by atoms with Gasteiger partial charge in [0.2, 0.25) is 17.7 Å². The Morgan fingerprint density at radius 3 is 2.44 bits per heavy atom. The van der Waals surface area contributed by atoms with Gasteiger partial charge in [-0.1, -0.05) is 58.2 Å². The van der Waals surface area contributed by atoms with Gasteiger partial charge in [-0.15, -0.1) is 0 Å². The summed E-state index contributed by atoms with van der Waals surface area (Å²) in [5.41, 5.74) is 5.25. The molecule has 0 saturated heterocycles. The van der Waals surface area contributed by atoms with E-state index in [2.05, 4.69) is 21.0 Å². The molecule has 3 rings (SSSR count). The molecule has 2 aromatic rings. The van der Waals surface area contributed by atoms with Crippen LogP contribution in [-0.2, 0) is 20.9 Å². The molecule has 1 saturated carbocycles. The van der Waals surface area contributed by atoms with E-state index in [1.165, 1.54) is 11.1 Å². The standard InChI is InChI=1S/C24H34N6O4/c1-24(2,3)21(23(34)26-13-18(25)31)28-22(33)20-16-11-7-8-12-17(16)30(29-20)14-19(32)27-15-9-5-4-6-10-15/h7-8,11-12,15,21H,4-6,9-10,13-14H2,1-3H3,(H2,25,31)(H,26,34)(H,27,32)(H,28,33)/t21-/m1/s1. The third-order valence-corrected chi connectivity index (χ3v) is 5.98. The van der Waals surface area contributed by atoms with Gasteiger partial charge >= 0.3 is 0 Å². The Kier molecular flexibility index (Phi) is 7.90. The van der Waals surface area contributed by atoms with Crippen LogP contribution in [-0.4, -0.2) is 52.0 Å². The number of amides is 4. The predicted molar refractivity (Wildman–Crippen MR) is 128 cm³/mol. The molecule has 4 amide bonds. The van der Waals surface area contributed by atoms with Gasteiger partial charge in [-0.05, 0) is 24.3 Å². The summed E-state index contributed by atoms with van der Waals surface area (Å²) in [4.78, 5) is 49.6. The van der Waals surface area contributed by atoms with Crippen molar-refractivity contribution in [1.29, 1.82) is 0 Å². The van der Waals surface area contributed by atoms with Crippen LogP contribution in [0.4, 0.5) is 0 Å². The van der Waals surface area contributed by atoms with E-state index >= 15 is 0 Å². The summed E-state index contributed by atoms with van der Waals surface area (Å²) in [6, 6.07) is 6.40. The average Bonchev–Trinajstić information content (AvgIpc) is 3.14. The summed E-state index contributed by atoms with van der Waals surface area (Å²) >= 11 is 0. The van der Waals surface area contributed by atoms with Gasteiger partial charge in [0, 0.05) is 11.4 Å². The molecule has 10 nitrogen and oxygen atoms in total. The summed E-state index contributed by atoms with van der Waals surface area (Å²) in [5, 5.41) is 13.3. The van der Waals surface area contributed by atoms with Crippen molar-refractivity contribution in [2.45, 2.75) is 71.5 Å². The van der Waals surface area contributed by atoms with Crippen LogP contribution in [0.3, 0.4) is 0 Å². The number of para-hydroxylation sites is 1. The number of nitrogens with zero attached hydrogens (tertiary/aromatic N) is 2. The van der Waals surface area contributed by atoms with Crippen molar-refractivity contribution >= 4 is 34.5 Å². The van der Waals surface area contributed by atoms with Crippen molar-refractivity contribution in [3.8, 4) is 0 Å². The number of nitrogens with one attached hydrogen (secondary N) is 3. The minimum atomic E-state index is -0.933. The van der Waals surface area contributed by atoms with Gasteiger partial charge in [-0.3, -0.25) is 23.9 Å². The Balaban J connectivity index is 1.80. The lowest BCUT2D eigenvalue weighted by Gasteiger charge is -2.30. The van der Waals surface area contributed by atoms with E-state index in [1.807, 2.05) is 6.07 Å². The lowest BCUT2D eigenvalue weighted by Crippen LogP contribution is -2.54. The zero-order chi connectivity index (χ0) is 24.9. The molecule has 1 aromatic carbocycles. The number of primary amides is 1. The van der Waals surface area contributed by atoms with Gasteiger partial charge in [-0.2, -0.15) is 5.10 Å². The Bertz CT molecular complexity index is 1070. The first-order chi connectivity index (χ1) is 16.1. The molecule has 1 aliphatic carbocycles. The number of carbonyl (C=O) groups excluding carboxylic acids is 4. The molecule has 0 bridgehead atoms. The maximum absolute atomic E-state index is 13.2. The number of fused-ring (bicyclic) bond motifs is 1. The first kappa shape index (κ1) is 25.2. The van der Waals surface area contributed by atoms with Crippen molar-refractivity contribution in [2.75, 3.05) is 6.54 Å². The monoisotopic (exact) mass is 470 g/mol. The molecule has 0 radical (unpaired) electrons. The molecule has 0 aliphatic heterocycles. The van der Waals surface area contributed by atoms with Crippen LogP contribution in [0, 0.1) is 5.41 Å². The fraction of sp³-hybridized carbons (Fsp3) is 0.542. The van der Waals surface area contributed by atoms with Gasteiger partial charge in [0.15, 0.2) is 5.69 Å². The minimum absolute atomic E-state index is 0.00785. The summed E-state index contributed by atoms with van der Waals surface area (Å²) in [7, 11) is 0. The highest BCUT2D eigenvalue weighted by Gasteiger charge is 2.34. The van der Waals surface area contributed by atoms with E-state index in [0.29, 0.717) is 10.9 Å². The summed E-state index contributed by atoms with van der Waals surface area (Å²) in [5.74, 6) is -1.89. The van der Waals surface area contributed by atoms with Crippen LogP contribution < -0.4 is 21.7 Å². The average molecular weight is 471 g/mol. The van der Waals surface area contributed by atoms with E-state index in [9.17, 15) is 19.2 Å². The molecule has 0 unspecified atom stereocenters. The number of aromatic nitrogens is 2. The number of rotatable bonds is 8. The fourth-order valence-corrected chi connectivity index (χ4v) is 4.22. The fourth-order valence-electron chi connectivity index (χ4n) is 4.22. The summed E-state index contributed by atoms with van der Waals surface area (Å²) in [6.07, 6.45) is 5.38. The molecule has 5 N–H and O–H groups in total. The molecule has 184 valence electrons. The van der Waals surface area contributed by atoms with Crippen LogP contribution >= 0.6 is 0 Å². The molecule has 1 aliphatic rings. The van der Waals surface area contributed by atoms with Crippen LogP contribution in [0.1, 0.15) is 63.4 Å². The van der Waals surface area contributed by atoms with Crippen LogP contribution in [0.2, 0.25) is 0 Å². The highest BCUT2D eigenvalue weighted by atomic mass is 16.2. The number of hydrogen-bond donors (Lipinski definition) is 4. The van der Waals surface area contributed by atoms with Gasteiger partial charge in [0.25, 0.3) is 5.91 Å². The van der Waals surface area contributed by atoms with Crippen LogP contribution in [0.5, 0.6) is 0 Å². The number of hydrogen-bond acceptors (Lipinski definition) is 5. The molecule has 34 heavy (non-hydrogen) atoms. The predicted octanol–water partition coefficient (Wildman–Crippen LogP) is 1.23. The second-order valence-electron chi connectivity index (χ2n) is 9.88. The van der Waals surface area contributed by atoms with E-state index in [-0.39, 0.29) is 30.7 Å². The van der Waals surface area contributed by atoms with Crippen LogP contribution in [0.15, 0.2) is 24.3 Å². The highest BCUT2D eigenvalue weighted by Crippen LogP contribution is 2.23. The quantitative estimate of drug-likeness (QED) is 0.458. The van der Waals surface area contributed by atoms with E-state index in [4.69, 9.17) is 5.73 Å². The molecule has 10 heteroatoms. The lowest BCUT2D eigenvalue weighted by atomic mass is 9.86. The van der Waals surface area contributed by atoms with Crippen molar-refractivity contribution in [3.05, 3.63) is 30.0 Å². The number of carbonyl (C=O) groups is 4. The molecular weight excluding hydrogens is 436 g/mol. The van der Waals surface area contributed by atoms with Gasteiger partial charge in [0.1, 0.15) is 12.6 Å². The first-order valence-electron chi connectivity index (χ1n) is 11.7. The molecule has 0 spiro atoms. The SMILES string of the molecule is CC(C)(C)[C@H](NC(=O)c1nn(CC(=O)NC2CCCCC2)c2ccccc12)C(=O)NCC(N)=O. The maximum atomic E-state index is 13.2. The largest absolute Gasteiger partial charge is 0.368 e. The minimum Gasteiger partial charge on any atom is -0.368 e. The zero-order valence-electron chi connectivity index (χ0n) is 20.0. The third-order valence-electron chi connectivity index (χ3n) is 5.98. The molecule has 1 aromatic heterocycles. The Labute approximate surface area is 199 Å². The van der Waals surface area contributed by atoms with E-state index < -0.39 is 29.2 Å². The van der Waals surface area contributed by atoms with Crippen LogP contribution in [0.25, 0.3) is 10.9 Å². The second kappa shape index (κ2) is 10.7. The topological polar surface area (TPSA) is 148 Å². The summed E-state index contributed by atoms with van der Waals surface area (Å²) < 4.78 is 1.52. The summed E-state index contributed by atoms with van der Waals surface area (Å²) in [6.45, 7) is 5.07. The van der Waals surface area contributed by atoms with Crippen molar-refractivity contribution in [3.63, 3.8) is 0 Å². The molecule has 1 heterocycles. The highest BCUT2D eigenvalue weighted by molar-refractivity contribution is 6.06. The first-order valence-corrected chi connectivity index (χ1v) is 11.7. The Hall–Kier alpha value is -3.43. The van der Waals surface area contributed by atoms with Gasteiger partial charge in [0.05, 0.1) is 12.1 Å². The lowest BCUT2D eigenvalue weighted by molar-refractivity contribution is -0.128. The number of nitrogens with two attached hydrogens (primary N) is 1. The second-order valence-corrected chi connectivity index (χ2v) is 9.88. The maximum Gasteiger partial charge on any atom is 0.273 e. The Morgan fingerprint density at radius 1 is 1.12 bits per heavy atom. The van der Waals surface area contributed by atoms with Crippen molar-refractivity contribution in [2.24, 2.45) is 11.1 Å². The molecular formula is C24H34N6O4. The van der Waals surface area contributed by atoms with Gasteiger partial charge < -0.3 is 21.7 Å². The molecule has 1 fully saturated rings. The Morgan fingerprint density at radius 2 is 1.79 bits per heavy atom. The van der Waals surface area contributed by atoms with Crippen molar-refractivity contribution in [1.82, 2.24) is 25.7 Å². The zero-order valence-corrected chi connectivity index (χ0v) is 20.0. The normalized spacial score (nSPS) is 15.5. The molecule has 1 atom stereocenters. The number of benzene rings is 1. The smallest absolute Gasteiger partial charge is 0.273 e. The third kappa shape index (κ3) is 6.33. The van der Waals surface area contributed by atoms with E-state index in [0.717, 1.165) is 25.7 Å². The van der Waals surface area contributed by atoms with Gasteiger partial charge in [-0.25, -0.2) is 0 Å².